The van der Waals surface area contributed by atoms with E-state index in [-0.39, 0.29) is 5.91 Å². The molecule has 0 aromatic heterocycles. The first kappa shape index (κ1) is 26.4. The molecular formula is C26H40N4O. The molecule has 1 aliphatic heterocycles. The van der Waals surface area contributed by atoms with Crippen LogP contribution in [0.5, 0.6) is 0 Å². The fraction of sp³-hybridized carbons (Fsp3) is 0.462. The number of carbonyl (C=O) groups excluding carboxylic acids is 1. The van der Waals surface area contributed by atoms with E-state index in [4.69, 9.17) is 5.73 Å². The molecule has 2 rings (SSSR count). The van der Waals surface area contributed by atoms with E-state index in [1.54, 1.807) is 38.3 Å². The Hall–Kier alpha value is -2.66. The van der Waals surface area contributed by atoms with Crippen LogP contribution < -0.4 is 5.73 Å². The van der Waals surface area contributed by atoms with E-state index in [9.17, 15) is 4.79 Å². The molecule has 31 heavy (non-hydrogen) atoms. The van der Waals surface area contributed by atoms with Gasteiger partial charge < -0.3 is 10.6 Å². The quantitative estimate of drug-likeness (QED) is 0.512. The highest BCUT2D eigenvalue weighted by Crippen LogP contribution is 2.28. The van der Waals surface area contributed by atoms with Gasteiger partial charge in [0.2, 0.25) is 0 Å². The number of allylic oxidation sites excluding steroid dienone is 2. The highest BCUT2D eigenvalue weighted by molar-refractivity contribution is 5.93. The lowest BCUT2D eigenvalue weighted by atomic mass is 9.88. The molecule has 2 N–H and O–H groups in total. The number of hydrogen-bond acceptors (Lipinski definition) is 4. The zero-order chi connectivity index (χ0) is 23.4. The number of benzene rings is 1. The van der Waals surface area contributed by atoms with Crippen molar-refractivity contribution >= 4 is 12.1 Å². The third kappa shape index (κ3) is 8.54. The Balaban J connectivity index is 0.00000233. The first-order valence-corrected chi connectivity index (χ1v) is 11.1. The van der Waals surface area contributed by atoms with Crippen molar-refractivity contribution < 1.29 is 4.79 Å². The highest BCUT2D eigenvalue weighted by Gasteiger charge is 2.21. The van der Waals surface area contributed by atoms with Gasteiger partial charge in [0.1, 0.15) is 0 Å². The number of rotatable bonds is 7. The van der Waals surface area contributed by atoms with Gasteiger partial charge in [-0.15, -0.1) is 0 Å². The summed E-state index contributed by atoms with van der Waals surface area (Å²) in [4.78, 5) is 20.0. The Morgan fingerprint density at radius 3 is 2.32 bits per heavy atom. The summed E-state index contributed by atoms with van der Waals surface area (Å²) in [6.45, 7) is 13.2. The molecule has 1 heterocycles. The van der Waals surface area contributed by atoms with Gasteiger partial charge in [0, 0.05) is 45.2 Å². The summed E-state index contributed by atoms with van der Waals surface area (Å²) in [6.07, 6.45) is 7.77. The minimum absolute atomic E-state index is 0.0488. The Labute approximate surface area is 189 Å². The van der Waals surface area contributed by atoms with Gasteiger partial charge in [-0.25, -0.2) is 0 Å². The molecule has 1 aliphatic rings. The number of piperidine rings is 1. The summed E-state index contributed by atoms with van der Waals surface area (Å²) < 4.78 is 0. The molecule has 0 spiro atoms. The van der Waals surface area contributed by atoms with Crippen molar-refractivity contribution in [2.24, 2.45) is 10.7 Å². The number of aliphatic imine (C=N–C) groups is 1. The van der Waals surface area contributed by atoms with E-state index in [0.29, 0.717) is 11.6 Å². The summed E-state index contributed by atoms with van der Waals surface area (Å²) in [5.41, 5.74) is 10.8. The van der Waals surface area contributed by atoms with Gasteiger partial charge in [0.15, 0.2) is 0 Å². The number of nitrogens with two attached hydrogens (primary N) is 1. The maximum atomic E-state index is 12.0. The molecule has 1 saturated heterocycles. The maximum Gasteiger partial charge on any atom is 0.253 e. The largest absolute Gasteiger partial charge is 0.398 e. The molecule has 5 heteroatoms. The number of hydrogen-bond donors (Lipinski definition) is 1. The fourth-order valence-corrected chi connectivity index (χ4v) is 3.62. The van der Waals surface area contributed by atoms with Crippen molar-refractivity contribution in [3.8, 4) is 0 Å². The normalized spacial score (nSPS) is 16.1. The van der Waals surface area contributed by atoms with E-state index in [0.717, 1.165) is 43.6 Å². The van der Waals surface area contributed by atoms with Crippen LogP contribution in [0.1, 0.15) is 55.5 Å². The van der Waals surface area contributed by atoms with Crippen LogP contribution >= 0.6 is 0 Å². The van der Waals surface area contributed by atoms with Gasteiger partial charge in [-0.3, -0.25) is 14.7 Å². The van der Waals surface area contributed by atoms with E-state index < -0.39 is 0 Å². The summed E-state index contributed by atoms with van der Waals surface area (Å²) in [7, 11) is 5.28. The third-order valence-electron chi connectivity index (χ3n) is 5.29. The van der Waals surface area contributed by atoms with Crippen molar-refractivity contribution in [2.45, 2.75) is 39.5 Å². The predicted molar refractivity (Wildman–Crippen MR) is 134 cm³/mol. The molecular weight excluding hydrogens is 384 g/mol. The summed E-state index contributed by atoms with van der Waals surface area (Å²) in [6, 6.07) is 8.12. The van der Waals surface area contributed by atoms with Crippen LogP contribution in [0.3, 0.4) is 0 Å². The molecule has 0 unspecified atom stereocenters. The van der Waals surface area contributed by atoms with Crippen LogP contribution in [0.25, 0.3) is 0 Å². The molecule has 1 fully saturated rings. The highest BCUT2D eigenvalue weighted by atomic mass is 16.2. The number of nitrogens with zero attached hydrogens (tertiary/aromatic N) is 3. The van der Waals surface area contributed by atoms with Gasteiger partial charge in [0.25, 0.3) is 5.91 Å². The SMILES string of the molecule is C=C(/C=C(\C)CN1CCC(c2ccc(C(=O)N(C)C)cc2)CC1)/C(N)=C\C=NC.CC. The van der Waals surface area contributed by atoms with E-state index in [2.05, 4.69) is 41.6 Å². The lowest BCUT2D eigenvalue weighted by molar-refractivity contribution is 0.0827. The molecule has 0 bridgehead atoms. The zero-order valence-corrected chi connectivity index (χ0v) is 20.2. The van der Waals surface area contributed by atoms with Crippen molar-refractivity contribution in [3.63, 3.8) is 0 Å². The maximum absolute atomic E-state index is 12.0. The monoisotopic (exact) mass is 424 g/mol. The second-order valence-electron chi connectivity index (χ2n) is 7.92. The molecule has 1 amide bonds. The molecule has 0 atom stereocenters. The second-order valence-corrected chi connectivity index (χ2v) is 7.92. The average molecular weight is 425 g/mol. The molecule has 5 nitrogen and oxygen atoms in total. The number of likely N-dealkylation sites (tertiary alicyclic amines) is 1. The Morgan fingerprint density at radius 2 is 1.81 bits per heavy atom. The van der Waals surface area contributed by atoms with Gasteiger partial charge in [-0.2, -0.15) is 0 Å². The molecule has 1 aromatic carbocycles. The lowest BCUT2D eigenvalue weighted by Gasteiger charge is -2.32. The molecule has 1 aromatic rings. The van der Waals surface area contributed by atoms with Gasteiger partial charge >= 0.3 is 0 Å². The van der Waals surface area contributed by atoms with Crippen molar-refractivity contribution in [1.29, 1.82) is 0 Å². The summed E-state index contributed by atoms with van der Waals surface area (Å²) in [5, 5.41) is 0. The summed E-state index contributed by atoms with van der Waals surface area (Å²) in [5.74, 6) is 0.605. The van der Waals surface area contributed by atoms with Crippen LogP contribution in [0.15, 0.2) is 64.8 Å². The smallest absolute Gasteiger partial charge is 0.253 e. The zero-order valence-electron chi connectivity index (χ0n) is 20.2. The minimum Gasteiger partial charge on any atom is -0.398 e. The van der Waals surface area contributed by atoms with Crippen molar-refractivity contribution in [1.82, 2.24) is 9.80 Å². The topological polar surface area (TPSA) is 61.9 Å². The van der Waals surface area contributed by atoms with Gasteiger partial charge in [0.05, 0.1) is 0 Å². The molecule has 0 saturated carbocycles. The Kier molecular flexibility index (Phi) is 11.6. The molecule has 0 aliphatic carbocycles. The van der Waals surface area contributed by atoms with Crippen molar-refractivity contribution in [2.75, 3.05) is 40.8 Å². The number of carbonyl (C=O) groups is 1. The van der Waals surface area contributed by atoms with Crippen LogP contribution in [0, 0.1) is 0 Å². The van der Waals surface area contributed by atoms with Crippen LogP contribution in [-0.2, 0) is 0 Å². The van der Waals surface area contributed by atoms with Crippen LogP contribution in [-0.4, -0.2) is 62.7 Å². The summed E-state index contributed by atoms with van der Waals surface area (Å²) >= 11 is 0. The Morgan fingerprint density at radius 1 is 1.23 bits per heavy atom. The third-order valence-corrected chi connectivity index (χ3v) is 5.29. The predicted octanol–water partition coefficient (Wildman–Crippen LogP) is 4.64. The molecule has 170 valence electrons. The molecule has 0 radical (unpaired) electrons. The van der Waals surface area contributed by atoms with E-state index >= 15 is 0 Å². The van der Waals surface area contributed by atoms with Crippen molar-refractivity contribution in [3.05, 3.63) is 71.0 Å². The first-order chi connectivity index (χ1) is 14.8. The van der Waals surface area contributed by atoms with Crippen LogP contribution in [0.4, 0.5) is 0 Å². The van der Waals surface area contributed by atoms with E-state index in [1.165, 1.54) is 11.1 Å². The fourth-order valence-electron chi connectivity index (χ4n) is 3.62. The number of amides is 1. The average Bonchev–Trinajstić information content (AvgIpc) is 2.78. The first-order valence-electron chi connectivity index (χ1n) is 11.1. The van der Waals surface area contributed by atoms with E-state index in [1.807, 2.05) is 26.0 Å². The van der Waals surface area contributed by atoms with Crippen LogP contribution in [0.2, 0.25) is 0 Å². The second kappa shape index (κ2) is 13.6. The van der Waals surface area contributed by atoms with Gasteiger partial charge in [-0.05, 0) is 68.1 Å². The Bertz CT molecular complexity index is 795. The minimum atomic E-state index is 0.0488. The standard InChI is InChI=1S/C24H34N4O.C2H6/c1-18(16-19(2)23(25)10-13-26-3)17-28-14-11-21(12-15-28)20-6-8-22(9-7-20)24(29)27(4)5;1-2/h6-10,13,16,21H,2,11-12,14-15,17,25H2,1,3-5H3;1-2H3/b18-16+,23-10+,26-13?;. The van der Waals surface area contributed by atoms with Gasteiger partial charge in [-0.1, -0.05) is 44.2 Å². The lowest BCUT2D eigenvalue weighted by Crippen LogP contribution is -2.34.